The van der Waals surface area contributed by atoms with Gasteiger partial charge >= 0.3 is 0 Å². The predicted molar refractivity (Wildman–Crippen MR) is 102 cm³/mol. The minimum atomic E-state index is -0.410. The Hall–Kier alpha value is -3.34. The van der Waals surface area contributed by atoms with E-state index in [0.717, 1.165) is 16.3 Å². The van der Waals surface area contributed by atoms with Gasteiger partial charge in [-0.3, -0.25) is 9.59 Å². The molecule has 2 amide bonds. The number of aryl methyl sites for hydroxylation is 1. The van der Waals surface area contributed by atoms with Crippen molar-refractivity contribution in [1.29, 1.82) is 0 Å². The standard InChI is InChI=1S/C21H20N2O3/c1-14-7-9-17(10-8-14)22-20(25)13-23(2)21(26)18-11-15-5-3-4-6-16(15)12-19(18)24/h3-12,24H,13H2,1-2H3,(H,22,25). The number of phenols is 1. The molecule has 0 radical (unpaired) electrons. The first-order valence-corrected chi connectivity index (χ1v) is 8.28. The van der Waals surface area contributed by atoms with Gasteiger partial charge in [-0.05, 0) is 42.0 Å². The molecule has 5 nitrogen and oxygen atoms in total. The lowest BCUT2D eigenvalue weighted by molar-refractivity contribution is -0.116. The maximum Gasteiger partial charge on any atom is 0.257 e. The number of anilines is 1. The Morgan fingerprint density at radius 1 is 1.00 bits per heavy atom. The SMILES string of the molecule is Cc1ccc(NC(=O)CN(C)C(=O)c2cc3ccccc3cc2O)cc1. The molecule has 0 spiro atoms. The van der Waals surface area contributed by atoms with Crippen molar-refractivity contribution in [2.75, 3.05) is 18.9 Å². The highest BCUT2D eigenvalue weighted by atomic mass is 16.3. The van der Waals surface area contributed by atoms with Gasteiger partial charge in [-0.25, -0.2) is 0 Å². The molecule has 0 bridgehead atoms. The Bertz CT molecular complexity index is 965. The number of benzene rings is 3. The van der Waals surface area contributed by atoms with E-state index in [2.05, 4.69) is 5.32 Å². The average molecular weight is 348 g/mol. The van der Waals surface area contributed by atoms with Crippen molar-refractivity contribution in [2.45, 2.75) is 6.92 Å². The first kappa shape index (κ1) is 17.5. The van der Waals surface area contributed by atoms with Gasteiger partial charge < -0.3 is 15.3 Å². The average Bonchev–Trinajstić information content (AvgIpc) is 2.62. The third kappa shape index (κ3) is 3.83. The van der Waals surface area contributed by atoms with Gasteiger partial charge in [0.2, 0.25) is 5.91 Å². The van der Waals surface area contributed by atoms with Crippen molar-refractivity contribution in [2.24, 2.45) is 0 Å². The summed E-state index contributed by atoms with van der Waals surface area (Å²) in [5, 5.41) is 14.6. The van der Waals surface area contributed by atoms with Gasteiger partial charge in [-0.1, -0.05) is 42.0 Å². The van der Waals surface area contributed by atoms with Crippen LogP contribution in [-0.2, 0) is 4.79 Å². The predicted octanol–water partition coefficient (Wildman–Crippen LogP) is 3.56. The normalized spacial score (nSPS) is 10.5. The Morgan fingerprint density at radius 2 is 1.62 bits per heavy atom. The molecule has 2 N–H and O–H groups in total. The molecule has 3 aromatic carbocycles. The summed E-state index contributed by atoms with van der Waals surface area (Å²) in [6.45, 7) is 1.85. The van der Waals surface area contributed by atoms with Crippen LogP contribution in [0.4, 0.5) is 5.69 Å². The summed E-state index contributed by atoms with van der Waals surface area (Å²) in [5.74, 6) is -0.809. The highest BCUT2D eigenvalue weighted by Crippen LogP contribution is 2.25. The van der Waals surface area contributed by atoms with Gasteiger partial charge in [0, 0.05) is 12.7 Å². The number of carbonyl (C=O) groups is 2. The van der Waals surface area contributed by atoms with Gasteiger partial charge in [-0.2, -0.15) is 0 Å². The fourth-order valence-electron chi connectivity index (χ4n) is 2.73. The quantitative estimate of drug-likeness (QED) is 0.757. The fraction of sp³-hybridized carbons (Fsp3) is 0.143. The molecule has 0 aliphatic rings. The summed E-state index contributed by atoms with van der Waals surface area (Å²) in [5.41, 5.74) is 1.95. The maximum atomic E-state index is 12.6. The van der Waals surface area contributed by atoms with Crippen molar-refractivity contribution in [3.05, 3.63) is 71.8 Å². The van der Waals surface area contributed by atoms with Crippen LogP contribution >= 0.6 is 0 Å². The van der Waals surface area contributed by atoms with Crippen LogP contribution in [0.5, 0.6) is 5.75 Å². The lowest BCUT2D eigenvalue weighted by atomic mass is 10.1. The van der Waals surface area contributed by atoms with E-state index >= 15 is 0 Å². The summed E-state index contributed by atoms with van der Waals surface area (Å²) in [7, 11) is 1.53. The number of amides is 2. The molecule has 0 aliphatic heterocycles. The van der Waals surface area contributed by atoms with Crippen LogP contribution in [0, 0.1) is 6.92 Å². The van der Waals surface area contributed by atoms with E-state index in [1.165, 1.54) is 11.9 Å². The number of likely N-dealkylation sites (N-methyl/N-ethyl adjacent to an activating group) is 1. The summed E-state index contributed by atoms with van der Waals surface area (Å²) >= 11 is 0. The molecule has 0 aliphatic carbocycles. The highest BCUT2D eigenvalue weighted by Gasteiger charge is 2.19. The first-order valence-electron chi connectivity index (χ1n) is 8.28. The smallest absolute Gasteiger partial charge is 0.257 e. The minimum absolute atomic E-state index is 0.0977. The molecule has 5 heteroatoms. The molecule has 0 saturated heterocycles. The molecule has 132 valence electrons. The molecule has 3 aromatic rings. The zero-order chi connectivity index (χ0) is 18.7. The van der Waals surface area contributed by atoms with E-state index in [0.29, 0.717) is 5.69 Å². The molecular weight excluding hydrogens is 328 g/mol. The number of fused-ring (bicyclic) bond motifs is 1. The second kappa shape index (κ2) is 7.27. The van der Waals surface area contributed by atoms with Crippen LogP contribution in [0.1, 0.15) is 15.9 Å². The number of phenolic OH excluding ortho intramolecular Hbond substituents is 1. The van der Waals surface area contributed by atoms with Gasteiger partial charge in [0.05, 0.1) is 12.1 Å². The first-order chi connectivity index (χ1) is 12.4. The molecule has 0 unspecified atom stereocenters. The van der Waals surface area contributed by atoms with Crippen LogP contribution in [0.3, 0.4) is 0 Å². The van der Waals surface area contributed by atoms with Crippen molar-refractivity contribution < 1.29 is 14.7 Å². The monoisotopic (exact) mass is 348 g/mol. The summed E-state index contributed by atoms with van der Waals surface area (Å²) in [6.07, 6.45) is 0. The maximum absolute atomic E-state index is 12.6. The number of nitrogens with zero attached hydrogens (tertiary/aromatic N) is 1. The Balaban J connectivity index is 1.72. The van der Waals surface area contributed by atoms with Gasteiger partial charge in [-0.15, -0.1) is 0 Å². The van der Waals surface area contributed by atoms with E-state index in [1.807, 2.05) is 55.5 Å². The van der Waals surface area contributed by atoms with Crippen molar-refractivity contribution in [1.82, 2.24) is 4.90 Å². The Morgan fingerprint density at radius 3 is 2.27 bits per heavy atom. The molecule has 0 atom stereocenters. The van der Waals surface area contributed by atoms with E-state index in [9.17, 15) is 14.7 Å². The molecule has 0 fully saturated rings. The number of hydrogen-bond donors (Lipinski definition) is 2. The Kier molecular flexibility index (Phi) is 4.89. The lowest BCUT2D eigenvalue weighted by Crippen LogP contribution is -2.35. The summed E-state index contributed by atoms with van der Waals surface area (Å²) in [6, 6.07) is 18.1. The van der Waals surface area contributed by atoms with E-state index in [-0.39, 0.29) is 23.8 Å². The number of aromatic hydroxyl groups is 1. The number of hydrogen-bond acceptors (Lipinski definition) is 3. The molecule has 0 heterocycles. The topological polar surface area (TPSA) is 69.6 Å². The molecule has 3 rings (SSSR count). The molecular formula is C21H20N2O3. The number of nitrogens with one attached hydrogen (secondary N) is 1. The van der Waals surface area contributed by atoms with Gasteiger partial charge in [0.15, 0.2) is 0 Å². The van der Waals surface area contributed by atoms with Crippen molar-refractivity contribution in [3.63, 3.8) is 0 Å². The number of rotatable bonds is 4. The Labute approximate surface area is 151 Å². The van der Waals surface area contributed by atoms with Crippen LogP contribution < -0.4 is 5.32 Å². The largest absolute Gasteiger partial charge is 0.507 e. The zero-order valence-corrected chi connectivity index (χ0v) is 14.7. The van der Waals surface area contributed by atoms with E-state index in [4.69, 9.17) is 0 Å². The molecule has 26 heavy (non-hydrogen) atoms. The van der Waals surface area contributed by atoms with E-state index in [1.54, 1.807) is 12.1 Å². The van der Waals surface area contributed by atoms with Crippen molar-refractivity contribution in [3.8, 4) is 5.75 Å². The third-order valence-electron chi connectivity index (χ3n) is 4.16. The van der Waals surface area contributed by atoms with Gasteiger partial charge in [0.25, 0.3) is 5.91 Å². The third-order valence-corrected chi connectivity index (χ3v) is 4.16. The van der Waals surface area contributed by atoms with Crippen LogP contribution in [0.15, 0.2) is 60.7 Å². The molecule has 0 aromatic heterocycles. The number of carbonyl (C=O) groups excluding carboxylic acids is 2. The van der Waals surface area contributed by atoms with E-state index < -0.39 is 5.91 Å². The van der Waals surface area contributed by atoms with Gasteiger partial charge in [0.1, 0.15) is 5.75 Å². The lowest BCUT2D eigenvalue weighted by Gasteiger charge is -2.18. The fourth-order valence-corrected chi connectivity index (χ4v) is 2.73. The summed E-state index contributed by atoms with van der Waals surface area (Å²) < 4.78 is 0. The van der Waals surface area contributed by atoms with Crippen molar-refractivity contribution >= 4 is 28.3 Å². The van der Waals surface area contributed by atoms with Crippen LogP contribution in [-0.4, -0.2) is 35.4 Å². The molecule has 0 saturated carbocycles. The zero-order valence-electron chi connectivity index (χ0n) is 14.7. The minimum Gasteiger partial charge on any atom is -0.507 e. The van der Waals surface area contributed by atoms with Crippen LogP contribution in [0.2, 0.25) is 0 Å². The summed E-state index contributed by atoms with van der Waals surface area (Å²) in [4.78, 5) is 26.1. The second-order valence-electron chi connectivity index (χ2n) is 6.29. The van der Waals surface area contributed by atoms with Crippen LogP contribution in [0.25, 0.3) is 10.8 Å². The highest BCUT2D eigenvalue weighted by molar-refractivity contribution is 6.03. The second-order valence-corrected chi connectivity index (χ2v) is 6.29.